The lowest BCUT2D eigenvalue weighted by Crippen LogP contribution is -2.29. The smallest absolute Gasteiger partial charge is 0.325 e. The van der Waals surface area contributed by atoms with Crippen LogP contribution < -0.4 is 4.74 Å². The maximum atomic E-state index is 11.9. The number of carbonyl (C=O) groups is 2. The summed E-state index contributed by atoms with van der Waals surface area (Å²) < 4.78 is 20.1. The van der Waals surface area contributed by atoms with E-state index in [4.69, 9.17) is 30.5 Å². The minimum atomic E-state index is -1.23. The summed E-state index contributed by atoms with van der Waals surface area (Å²) in [5.74, 6) is -2.23. The van der Waals surface area contributed by atoms with E-state index in [-0.39, 0.29) is 13.2 Å². The number of benzene rings is 1. The second-order valence-electron chi connectivity index (χ2n) is 4.72. The molecule has 0 spiro atoms. The molecule has 0 aliphatic carbocycles. The number of methoxy groups -OCH3 is 1. The number of hydrogen-bond donors (Lipinski definition) is 0. The molecular weight excluding hydrogens is 350 g/mol. The fourth-order valence-corrected chi connectivity index (χ4v) is 1.93. The van der Waals surface area contributed by atoms with Crippen LogP contribution in [0, 0.1) is 5.92 Å². The van der Waals surface area contributed by atoms with E-state index in [2.05, 4.69) is 4.99 Å². The van der Waals surface area contributed by atoms with Crippen LogP contribution in [0.5, 0.6) is 5.75 Å². The number of aliphatic imine (C=N–C) groups is 1. The zero-order valence-electron chi connectivity index (χ0n) is 14.5. The molecule has 7 nitrogen and oxygen atoms in total. The van der Waals surface area contributed by atoms with Crippen molar-refractivity contribution in [2.24, 2.45) is 10.9 Å². The van der Waals surface area contributed by atoms with Crippen LogP contribution in [-0.2, 0) is 23.8 Å². The van der Waals surface area contributed by atoms with E-state index < -0.39 is 17.9 Å². The lowest BCUT2D eigenvalue weighted by molar-refractivity contribution is -0.157. The molecule has 0 aliphatic heterocycles. The summed E-state index contributed by atoms with van der Waals surface area (Å²) in [6, 6.07) is 4.84. The molecule has 0 unspecified atom stereocenters. The van der Waals surface area contributed by atoms with Gasteiger partial charge in [0.2, 0.25) is 0 Å². The number of esters is 2. The highest BCUT2D eigenvalue weighted by atomic mass is 35.5. The molecule has 1 aromatic carbocycles. The van der Waals surface area contributed by atoms with Gasteiger partial charge in [0, 0.05) is 19.4 Å². The SMILES string of the molecule is CCOC(=O)C(C=Nc1ccc(Cl)c(OCCOC)c1)C(=O)OCC. The van der Waals surface area contributed by atoms with Crippen LogP contribution in [0.2, 0.25) is 5.02 Å². The zero-order chi connectivity index (χ0) is 18.7. The summed E-state index contributed by atoms with van der Waals surface area (Å²) >= 11 is 6.06. The molecule has 138 valence electrons. The molecule has 0 atom stereocenters. The number of ether oxygens (including phenoxy) is 4. The average Bonchev–Trinajstić information content (AvgIpc) is 2.58. The van der Waals surface area contributed by atoms with Crippen molar-refractivity contribution < 1.29 is 28.5 Å². The van der Waals surface area contributed by atoms with Gasteiger partial charge in [-0.05, 0) is 26.0 Å². The maximum Gasteiger partial charge on any atom is 0.325 e. The quantitative estimate of drug-likeness (QED) is 0.272. The maximum absolute atomic E-state index is 11.9. The Morgan fingerprint density at radius 2 is 1.80 bits per heavy atom. The third kappa shape index (κ3) is 7.11. The van der Waals surface area contributed by atoms with Crippen LogP contribution in [0.1, 0.15) is 13.8 Å². The summed E-state index contributed by atoms with van der Waals surface area (Å²) in [5.41, 5.74) is 0.468. The number of halogens is 1. The van der Waals surface area contributed by atoms with Gasteiger partial charge >= 0.3 is 11.9 Å². The number of nitrogens with zero attached hydrogens (tertiary/aromatic N) is 1. The molecule has 1 rings (SSSR count). The Hall–Kier alpha value is -2.12. The standard InChI is InChI=1S/C17H22ClNO6/c1-4-23-16(20)13(17(21)24-5-2)11-19-12-6-7-14(18)15(10-12)25-9-8-22-3/h6-7,10-11,13H,4-5,8-9H2,1-3H3. The molecule has 8 heteroatoms. The van der Waals surface area contributed by atoms with Crippen LogP contribution in [0.15, 0.2) is 23.2 Å². The Labute approximate surface area is 151 Å². The lowest BCUT2D eigenvalue weighted by atomic mass is 10.1. The van der Waals surface area contributed by atoms with Gasteiger partial charge in [-0.1, -0.05) is 11.6 Å². The van der Waals surface area contributed by atoms with Crippen molar-refractivity contribution in [3.63, 3.8) is 0 Å². The van der Waals surface area contributed by atoms with Gasteiger partial charge in [0.25, 0.3) is 0 Å². The summed E-state index contributed by atoms with van der Waals surface area (Å²) in [5, 5.41) is 0.419. The van der Waals surface area contributed by atoms with E-state index in [1.807, 2.05) is 0 Å². The van der Waals surface area contributed by atoms with E-state index in [1.54, 1.807) is 39.2 Å². The molecule has 25 heavy (non-hydrogen) atoms. The molecule has 0 heterocycles. The van der Waals surface area contributed by atoms with E-state index in [1.165, 1.54) is 6.21 Å². The second-order valence-corrected chi connectivity index (χ2v) is 5.12. The fourth-order valence-electron chi connectivity index (χ4n) is 1.76. The topological polar surface area (TPSA) is 83.4 Å². The number of rotatable bonds is 10. The van der Waals surface area contributed by atoms with Crippen LogP contribution in [0.25, 0.3) is 0 Å². The Morgan fingerprint density at radius 1 is 1.16 bits per heavy atom. The first kappa shape index (κ1) is 20.9. The average molecular weight is 372 g/mol. The first-order valence-corrected chi connectivity index (χ1v) is 8.20. The van der Waals surface area contributed by atoms with Gasteiger partial charge in [-0.2, -0.15) is 0 Å². The third-order valence-corrected chi connectivity index (χ3v) is 3.23. The van der Waals surface area contributed by atoms with Crippen molar-refractivity contribution in [3.8, 4) is 5.75 Å². The highest BCUT2D eigenvalue weighted by molar-refractivity contribution is 6.32. The van der Waals surface area contributed by atoms with E-state index in [0.29, 0.717) is 29.7 Å². The molecule has 0 saturated carbocycles. The van der Waals surface area contributed by atoms with Gasteiger partial charge in [0.15, 0.2) is 5.92 Å². The zero-order valence-corrected chi connectivity index (χ0v) is 15.2. The van der Waals surface area contributed by atoms with Crippen molar-refractivity contribution in [3.05, 3.63) is 23.2 Å². The van der Waals surface area contributed by atoms with E-state index in [0.717, 1.165) is 0 Å². The van der Waals surface area contributed by atoms with E-state index >= 15 is 0 Å². The normalized spacial score (nSPS) is 10.9. The summed E-state index contributed by atoms with van der Waals surface area (Å²) in [4.78, 5) is 28.0. The van der Waals surface area contributed by atoms with Crippen LogP contribution in [-0.4, -0.2) is 51.7 Å². The van der Waals surface area contributed by atoms with Crippen molar-refractivity contribution in [2.75, 3.05) is 33.5 Å². The molecule has 0 radical (unpaired) electrons. The largest absolute Gasteiger partial charge is 0.490 e. The molecule has 0 bridgehead atoms. The van der Waals surface area contributed by atoms with Gasteiger partial charge in [-0.15, -0.1) is 0 Å². The van der Waals surface area contributed by atoms with Crippen LogP contribution in [0.3, 0.4) is 0 Å². The van der Waals surface area contributed by atoms with Gasteiger partial charge in [0.05, 0.1) is 30.5 Å². The molecule has 0 saturated heterocycles. The van der Waals surface area contributed by atoms with Gasteiger partial charge in [-0.3, -0.25) is 14.6 Å². The highest BCUT2D eigenvalue weighted by Crippen LogP contribution is 2.29. The Balaban J connectivity index is 2.92. The predicted molar refractivity (Wildman–Crippen MR) is 93.7 cm³/mol. The third-order valence-electron chi connectivity index (χ3n) is 2.91. The predicted octanol–water partition coefficient (Wildman–Crippen LogP) is 2.81. The minimum Gasteiger partial charge on any atom is -0.490 e. The van der Waals surface area contributed by atoms with E-state index in [9.17, 15) is 9.59 Å². The number of carbonyl (C=O) groups excluding carboxylic acids is 2. The van der Waals surface area contributed by atoms with Gasteiger partial charge in [0.1, 0.15) is 12.4 Å². The Kier molecular flexibility index (Phi) is 9.57. The second kappa shape index (κ2) is 11.4. The molecule has 0 fully saturated rings. The van der Waals surface area contributed by atoms with Gasteiger partial charge in [-0.25, -0.2) is 0 Å². The molecule has 0 aliphatic rings. The first-order valence-electron chi connectivity index (χ1n) is 7.82. The van der Waals surface area contributed by atoms with Crippen LogP contribution in [0.4, 0.5) is 5.69 Å². The lowest BCUT2D eigenvalue weighted by Gasteiger charge is -2.10. The summed E-state index contributed by atoms with van der Waals surface area (Å²) in [6.07, 6.45) is 1.19. The van der Waals surface area contributed by atoms with Crippen molar-refractivity contribution in [1.29, 1.82) is 0 Å². The summed E-state index contributed by atoms with van der Waals surface area (Å²) in [7, 11) is 1.57. The van der Waals surface area contributed by atoms with Crippen molar-refractivity contribution in [1.82, 2.24) is 0 Å². The van der Waals surface area contributed by atoms with Gasteiger partial charge < -0.3 is 18.9 Å². The van der Waals surface area contributed by atoms with Crippen LogP contribution >= 0.6 is 11.6 Å². The molecule has 0 amide bonds. The Morgan fingerprint density at radius 3 is 2.36 bits per heavy atom. The minimum absolute atomic E-state index is 0.154. The van der Waals surface area contributed by atoms with Crippen molar-refractivity contribution >= 4 is 35.4 Å². The molecule has 0 N–H and O–H groups in total. The first-order chi connectivity index (χ1) is 12.0. The molecule has 1 aromatic rings. The monoisotopic (exact) mass is 371 g/mol. The Bertz CT molecular complexity index is 587. The summed E-state index contributed by atoms with van der Waals surface area (Å²) in [6.45, 7) is 4.36. The highest BCUT2D eigenvalue weighted by Gasteiger charge is 2.27. The number of hydrogen-bond acceptors (Lipinski definition) is 7. The molecule has 0 aromatic heterocycles. The fraction of sp³-hybridized carbons (Fsp3) is 0.471. The molecular formula is C17H22ClNO6. The van der Waals surface area contributed by atoms with Crippen molar-refractivity contribution in [2.45, 2.75) is 13.8 Å².